The normalized spacial score (nSPS) is 14.8. The van der Waals surface area contributed by atoms with Crippen molar-refractivity contribution >= 4 is 17.6 Å². The Hall–Kier alpha value is -1.10. The largest absolute Gasteiger partial charge is 0.480 e. The molecule has 0 fully saturated rings. The third kappa shape index (κ3) is 1.72. The molecule has 0 saturated carbocycles. The van der Waals surface area contributed by atoms with Gasteiger partial charge in [-0.3, -0.25) is 0 Å². The fraction of sp³-hybridized carbons (Fsp3) is 0.222. The predicted octanol–water partition coefficient (Wildman–Crippen LogP) is 0.571. The molecular formula is C9H10ClNO3. The zero-order chi connectivity index (χ0) is 10.8. The van der Waals surface area contributed by atoms with Crippen molar-refractivity contribution < 1.29 is 15.0 Å². The zero-order valence-electron chi connectivity index (χ0n) is 7.27. The topological polar surface area (TPSA) is 83.5 Å². The molecule has 14 heavy (non-hydrogen) atoms. The van der Waals surface area contributed by atoms with E-state index in [9.17, 15) is 4.79 Å². The minimum atomic E-state index is -1.83. The van der Waals surface area contributed by atoms with Crippen molar-refractivity contribution in [3.63, 3.8) is 0 Å². The number of halogens is 1. The Bertz CT molecular complexity index is 356. The number of aliphatic hydroxyl groups excluding tert-OH is 1. The number of aliphatic carboxylic acids is 1. The van der Waals surface area contributed by atoms with E-state index in [1.54, 1.807) is 12.1 Å². The summed E-state index contributed by atoms with van der Waals surface area (Å²) >= 11 is 5.78. The molecule has 4 N–H and O–H groups in total. The van der Waals surface area contributed by atoms with Gasteiger partial charge in [-0.25, -0.2) is 4.79 Å². The van der Waals surface area contributed by atoms with Crippen LogP contribution in [0.1, 0.15) is 5.56 Å². The maximum Gasteiger partial charge on any atom is 0.330 e. The smallest absolute Gasteiger partial charge is 0.330 e. The molecule has 4 nitrogen and oxygen atoms in total. The molecule has 1 unspecified atom stereocenters. The summed E-state index contributed by atoms with van der Waals surface area (Å²) in [5.41, 5.74) is 3.90. The molecule has 1 aromatic rings. The molecule has 0 aromatic heterocycles. The minimum Gasteiger partial charge on any atom is -0.480 e. The summed E-state index contributed by atoms with van der Waals surface area (Å²) in [7, 11) is 0. The fourth-order valence-electron chi connectivity index (χ4n) is 1.09. The van der Waals surface area contributed by atoms with E-state index in [1.807, 2.05) is 0 Å². The number of carboxylic acids is 1. The van der Waals surface area contributed by atoms with Gasteiger partial charge in [0.25, 0.3) is 0 Å². The highest BCUT2D eigenvalue weighted by molar-refractivity contribution is 6.31. The first-order valence-corrected chi connectivity index (χ1v) is 4.28. The first-order valence-electron chi connectivity index (χ1n) is 3.90. The van der Waals surface area contributed by atoms with Gasteiger partial charge in [-0.2, -0.15) is 0 Å². The van der Waals surface area contributed by atoms with E-state index in [0.717, 1.165) is 0 Å². The second kappa shape index (κ2) is 3.96. The lowest BCUT2D eigenvalue weighted by atomic mass is 9.92. The fourth-order valence-corrected chi connectivity index (χ4v) is 1.40. The number of carboxylic acid groups (broad SMARTS) is 1. The predicted molar refractivity (Wildman–Crippen MR) is 52.0 cm³/mol. The van der Waals surface area contributed by atoms with Crippen LogP contribution in [0.4, 0.5) is 0 Å². The van der Waals surface area contributed by atoms with Crippen LogP contribution in [0, 0.1) is 0 Å². The van der Waals surface area contributed by atoms with E-state index in [2.05, 4.69) is 0 Å². The summed E-state index contributed by atoms with van der Waals surface area (Å²) < 4.78 is 0. The number of rotatable bonds is 3. The Morgan fingerprint density at radius 1 is 1.50 bits per heavy atom. The minimum absolute atomic E-state index is 0.205. The second-order valence-corrected chi connectivity index (χ2v) is 3.32. The third-order valence-corrected chi connectivity index (χ3v) is 2.32. The first-order chi connectivity index (χ1) is 6.52. The molecule has 1 atom stereocenters. The molecule has 1 rings (SSSR count). The van der Waals surface area contributed by atoms with E-state index in [1.165, 1.54) is 12.1 Å². The molecule has 0 saturated heterocycles. The molecule has 0 spiro atoms. The molecule has 0 aliphatic rings. The van der Waals surface area contributed by atoms with Crippen LogP contribution in [-0.2, 0) is 10.3 Å². The molecule has 0 aliphatic carbocycles. The van der Waals surface area contributed by atoms with Crippen LogP contribution in [0.2, 0.25) is 5.02 Å². The number of hydrogen-bond acceptors (Lipinski definition) is 3. The van der Waals surface area contributed by atoms with Crippen molar-refractivity contribution in [1.29, 1.82) is 0 Å². The summed E-state index contributed by atoms with van der Waals surface area (Å²) in [4.78, 5) is 10.9. The molecule has 0 heterocycles. The van der Waals surface area contributed by atoms with E-state index >= 15 is 0 Å². The van der Waals surface area contributed by atoms with Gasteiger partial charge in [0.05, 0.1) is 6.61 Å². The summed E-state index contributed by atoms with van der Waals surface area (Å²) in [6.45, 7) is -0.702. The lowest BCUT2D eigenvalue weighted by molar-refractivity contribution is -0.145. The maximum atomic E-state index is 10.9. The molecule has 0 bridgehead atoms. The standard InChI is InChI=1S/C9H10ClNO3/c10-7-4-2-1-3-6(7)9(11,5-12)8(13)14/h1-4,12H,5,11H2,(H,13,14). The molecule has 1 aromatic carbocycles. The van der Waals surface area contributed by atoms with Crippen LogP contribution >= 0.6 is 11.6 Å². The SMILES string of the molecule is NC(CO)(C(=O)O)c1ccccc1Cl. The van der Waals surface area contributed by atoms with E-state index in [0.29, 0.717) is 0 Å². The van der Waals surface area contributed by atoms with Gasteiger partial charge in [0.1, 0.15) is 0 Å². The molecule has 0 amide bonds. The monoisotopic (exact) mass is 215 g/mol. The summed E-state index contributed by atoms with van der Waals surface area (Å²) in [5, 5.41) is 18.1. The lowest BCUT2D eigenvalue weighted by Gasteiger charge is -2.23. The highest BCUT2D eigenvalue weighted by Gasteiger charge is 2.36. The Morgan fingerprint density at radius 2 is 2.07 bits per heavy atom. The highest BCUT2D eigenvalue weighted by atomic mass is 35.5. The van der Waals surface area contributed by atoms with Gasteiger partial charge in [-0.05, 0) is 6.07 Å². The molecule has 5 heteroatoms. The lowest BCUT2D eigenvalue weighted by Crippen LogP contribution is -2.48. The van der Waals surface area contributed by atoms with Gasteiger partial charge in [0.2, 0.25) is 0 Å². The summed E-state index contributed by atoms with van der Waals surface area (Å²) in [5.74, 6) is -1.31. The number of aliphatic hydroxyl groups is 1. The van der Waals surface area contributed by atoms with Gasteiger partial charge in [-0.1, -0.05) is 29.8 Å². The van der Waals surface area contributed by atoms with Gasteiger partial charge in [0.15, 0.2) is 5.54 Å². The molecular weight excluding hydrogens is 206 g/mol. The number of benzene rings is 1. The number of hydrogen-bond donors (Lipinski definition) is 3. The Balaban J connectivity index is 3.26. The number of nitrogens with two attached hydrogens (primary N) is 1. The molecule has 0 radical (unpaired) electrons. The Morgan fingerprint density at radius 3 is 2.50 bits per heavy atom. The average Bonchev–Trinajstić information content (AvgIpc) is 2.17. The van der Waals surface area contributed by atoms with Crippen molar-refractivity contribution in [1.82, 2.24) is 0 Å². The van der Waals surface area contributed by atoms with Gasteiger partial charge in [-0.15, -0.1) is 0 Å². The average molecular weight is 216 g/mol. The summed E-state index contributed by atoms with van der Waals surface area (Å²) in [6, 6.07) is 6.27. The van der Waals surface area contributed by atoms with Crippen LogP contribution < -0.4 is 5.73 Å². The second-order valence-electron chi connectivity index (χ2n) is 2.91. The van der Waals surface area contributed by atoms with E-state index in [4.69, 9.17) is 27.5 Å². The molecule has 76 valence electrons. The Kier molecular flexibility index (Phi) is 3.10. The maximum absolute atomic E-state index is 10.9. The van der Waals surface area contributed by atoms with Gasteiger partial charge >= 0.3 is 5.97 Å². The van der Waals surface area contributed by atoms with E-state index in [-0.39, 0.29) is 10.6 Å². The first kappa shape index (κ1) is 11.0. The quantitative estimate of drug-likeness (QED) is 0.689. The van der Waals surface area contributed by atoms with Gasteiger partial charge < -0.3 is 15.9 Å². The van der Waals surface area contributed by atoms with Crippen molar-refractivity contribution in [2.24, 2.45) is 5.73 Å². The van der Waals surface area contributed by atoms with Crippen molar-refractivity contribution in [3.8, 4) is 0 Å². The van der Waals surface area contributed by atoms with Crippen LogP contribution in [0.15, 0.2) is 24.3 Å². The summed E-state index contributed by atoms with van der Waals surface area (Å²) in [6.07, 6.45) is 0. The zero-order valence-corrected chi connectivity index (χ0v) is 8.03. The van der Waals surface area contributed by atoms with Crippen molar-refractivity contribution in [2.75, 3.05) is 6.61 Å². The van der Waals surface area contributed by atoms with Crippen LogP contribution in [0.25, 0.3) is 0 Å². The van der Waals surface area contributed by atoms with Crippen molar-refractivity contribution in [3.05, 3.63) is 34.9 Å². The van der Waals surface area contributed by atoms with Gasteiger partial charge in [0, 0.05) is 10.6 Å². The Labute approximate surface area is 85.9 Å². The molecule has 0 aliphatic heterocycles. The van der Waals surface area contributed by atoms with Crippen LogP contribution in [-0.4, -0.2) is 22.8 Å². The van der Waals surface area contributed by atoms with E-state index < -0.39 is 18.1 Å². The van der Waals surface area contributed by atoms with Crippen molar-refractivity contribution in [2.45, 2.75) is 5.54 Å². The van der Waals surface area contributed by atoms with Crippen LogP contribution in [0.5, 0.6) is 0 Å². The number of carbonyl (C=O) groups is 1. The highest BCUT2D eigenvalue weighted by Crippen LogP contribution is 2.25. The van der Waals surface area contributed by atoms with Crippen LogP contribution in [0.3, 0.4) is 0 Å². The third-order valence-electron chi connectivity index (χ3n) is 1.99.